The highest BCUT2D eigenvalue weighted by Crippen LogP contribution is 2.50. The summed E-state index contributed by atoms with van der Waals surface area (Å²) < 4.78 is 0. The standard InChI is InChI=1S/C12H25PSi3/c1-14(2)13(15(3)4)16(5,6)12-10-8-7-9-11-12/h7-11,14-15H,1-6H3. The van der Waals surface area contributed by atoms with Crippen LogP contribution in [-0.2, 0) is 0 Å². The smallest absolute Gasteiger partial charge is 0.0987 e. The van der Waals surface area contributed by atoms with E-state index in [4.69, 9.17) is 0 Å². The quantitative estimate of drug-likeness (QED) is 0.586. The van der Waals surface area contributed by atoms with E-state index in [1.807, 2.05) is 0 Å². The van der Waals surface area contributed by atoms with E-state index in [2.05, 4.69) is 69.6 Å². The van der Waals surface area contributed by atoms with Crippen LogP contribution in [0.4, 0.5) is 0 Å². The van der Waals surface area contributed by atoms with Crippen LogP contribution >= 0.6 is 6.57 Å². The average molecular weight is 285 g/mol. The van der Waals surface area contributed by atoms with Gasteiger partial charge in [0.1, 0.15) is 0 Å². The van der Waals surface area contributed by atoms with Crippen LogP contribution in [0, 0.1) is 0 Å². The van der Waals surface area contributed by atoms with E-state index in [1.165, 1.54) is 0 Å². The first kappa shape index (κ1) is 14.4. The molecule has 0 aliphatic heterocycles. The lowest BCUT2D eigenvalue weighted by atomic mass is 10.4. The van der Waals surface area contributed by atoms with E-state index < -0.39 is 24.7 Å². The molecule has 1 aromatic rings. The summed E-state index contributed by atoms with van der Waals surface area (Å²) in [7, 11) is -2.05. The maximum atomic E-state index is 2.62. The molecule has 0 heterocycles. The zero-order valence-corrected chi connectivity index (χ0v) is 15.7. The van der Waals surface area contributed by atoms with Gasteiger partial charge in [0.2, 0.25) is 0 Å². The fourth-order valence-corrected chi connectivity index (χ4v) is 57.3. The van der Waals surface area contributed by atoms with Gasteiger partial charge >= 0.3 is 0 Å². The van der Waals surface area contributed by atoms with Crippen LogP contribution < -0.4 is 5.19 Å². The molecule has 0 aliphatic carbocycles. The SMILES string of the molecule is C[SiH](C)P([SiH](C)C)[Si](C)(C)c1ccccc1. The van der Waals surface area contributed by atoms with Gasteiger partial charge in [0.25, 0.3) is 0 Å². The summed E-state index contributed by atoms with van der Waals surface area (Å²) in [6.45, 7) is 16.0. The van der Waals surface area contributed by atoms with Gasteiger partial charge in [-0.05, 0) is 0 Å². The monoisotopic (exact) mass is 284 g/mol. The third kappa shape index (κ3) is 3.16. The second-order valence-corrected chi connectivity index (χ2v) is 33.7. The summed E-state index contributed by atoms with van der Waals surface area (Å²) in [5.74, 6) is 0. The lowest BCUT2D eigenvalue weighted by Gasteiger charge is -2.39. The van der Waals surface area contributed by atoms with E-state index in [0.717, 1.165) is 0 Å². The zero-order valence-electron chi connectivity index (χ0n) is 11.5. The maximum absolute atomic E-state index is 2.62. The van der Waals surface area contributed by atoms with Crippen molar-refractivity contribution in [2.75, 3.05) is 0 Å². The predicted octanol–water partition coefficient (Wildman–Crippen LogP) is 3.55. The molecule has 0 saturated heterocycles. The first-order chi connectivity index (χ1) is 7.37. The van der Waals surface area contributed by atoms with Crippen LogP contribution in [0.15, 0.2) is 30.3 Å². The molecule has 0 aliphatic rings. The van der Waals surface area contributed by atoms with Crippen molar-refractivity contribution in [1.82, 2.24) is 0 Å². The van der Waals surface area contributed by atoms with E-state index in [1.54, 1.807) is 5.19 Å². The number of hydrogen-bond donors (Lipinski definition) is 0. The number of hydrogen-bond acceptors (Lipinski definition) is 0. The van der Waals surface area contributed by atoms with E-state index >= 15 is 0 Å². The molecule has 0 radical (unpaired) electrons. The predicted molar refractivity (Wildman–Crippen MR) is 88.2 cm³/mol. The van der Waals surface area contributed by atoms with Crippen molar-refractivity contribution in [3.05, 3.63) is 30.3 Å². The third-order valence-electron chi connectivity index (χ3n) is 3.24. The molecule has 1 aromatic carbocycles. The summed E-state index contributed by atoms with van der Waals surface area (Å²) >= 11 is 0. The molecule has 1 rings (SSSR count). The first-order valence-electron chi connectivity index (χ1n) is 6.21. The Balaban J connectivity index is 3.08. The highest BCUT2D eigenvalue weighted by Gasteiger charge is 2.37. The molecular formula is C12H25PSi3. The summed E-state index contributed by atoms with van der Waals surface area (Å²) in [5.41, 5.74) is 0. The Morgan fingerprint density at radius 2 is 1.31 bits per heavy atom. The minimum Gasteiger partial charge on any atom is -0.142 e. The van der Waals surface area contributed by atoms with Crippen LogP contribution in [0.1, 0.15) is 0 Å². The fourth-order valence-electron chi connectivity index (χ4n) is 2.88. The van der Waals surface area contributed by atoms with Gasteiger partial charge in [0, 0.05) is 0 Å². The van der Waals surface area contributed by atoms with Crippen molar-refractivity contribution in [2.45, 2.75) is 39.3 Å². The van der Waals surface area contributed by atoms with Crippen LogP contribution in [0.2, 0.25) is 39.3 Å². The van der Waals surface area contributed by atoms with Crippen molar-refractivity contribution in [3.63, 3.8) is 0 Å². The molecule has 0 nitrogen and oxygen atoms in total. The van der Waals surface area contributed by atoms with Crippen molar-refractivity contribution in [2.24, 2.45) is 0 Å². The number of rotatable bonds is 4. The Labute approximate surface area is 106 Å². The Morgan fingerprint density at radius 3 is 1.69 bits per heavy atom. The summed E-state index contributed by atoms with van der Waals surface area (Å²) in [6, 6.07) is 11.4. The van der Waals surface area contributed by atoms with Gasteiger partial charge in [0.05, 0.1) is 24.7 Å². The third-order valence-corrected chi connectivity index (χ3v) is 51.5. The minimum absolute atomic E-state index is 0.418. The zero-order chi connectivity index (χ0) is 12.3. The average Bonchev–Trinajstić information content (AvgIpc) is 2.17. The van der Waals surface area contributed by atoms with Crippen molar-refractivity contribution in [3.8, 4) is 0 Å². The Hall–Kier alpha value is 0.301. The maximum Gasteiger partial charge on any atom is 0.0987 e. The second kappa shape index (κ2) is 5.76. The van der Waals surface area contributed by atoms with E-state index in [-0.39, 0.29) is 0 Å². The molecule has 16 heavy (non-hydrogen) atoms. The molecule has 4 heteroatoms. The topological polar surface area (TPSA) is 0 Å². The van der Waals surface area contributed by atoms with Gasteiger partial charge in [-0.1, -0.05) is 74.8 Å². The lowest BCUT2D eigenvalue weighted by Crippen LogP contribution is -2.45. The van der Waals surface area contributed by atoms with E-state index in [0.29, 0.717) is 6.57 Å². The number of benzene rings is 1. The Bertz CT molecular complexity index is 314. The van der Waals surface area contributed by atoms with Crippen LogP contribution in [-0.4, -0.2) is 24.7 Å². The summed E-state index contributed by atoms with van der Waals surface area (Å²) in [5, 5.41) is 1.70. The minimum atomic E-state index is -1.15. The van der Waals surface area contributed by atoms with Crippen LogP contribution in [0.5, 0.6) is 0 Å². The van der Waals surface area contributed by atoms with Gasteiger partial charge in [-0.15, -0.1) is 6.57 Å². The molecule has 0 saturated carbocycles. The molecular weight excluding hydrogens is 259 g/mol. The van der Waals surface area contributed by atoms with Gasteiger partial charge in [0.15, 0.2) is 0 Å². The van der Waals surface area contributed by atoms with Crippen molar-refractivity contribution in [1.29, 1.82) is 0 Å². The Kier molecular flexibility index (Phi) is 5.17. The van der Waals surface area contributed by atoms with Gasteiger partial charge in [-0.2, -0.15) is 0 Å². The molecule has 0 fully saturated rings. The lowest BCUT2D eigenvalue weighted by molar-refractivity contribution is 1.73. The van der Waals surface area contributed by atoms with Crippen molar-refractivity contribution < 1.29 is 0 Å². The van der Waals surface area contributed by atoms with Gasteiger partial charge in [-0.25, -0.2) is 0 Å². The van der Waals surface area contributed by atoms with Crippen LogP contribution in [0.3, 0.4) is 0 Å². The van der Waals surface area contributed by atoms with Crippen molar-refractivity contribution >= 4 is 36.4 Å². The molecule has 0 N–H and O–H groups in total. The molecule has 90 valence electrons. The second-order valence-electron chi connectivity index (χ2n) is 5.52. The largest absolute Gasteiger partial charge is 0.142 e. The summed E-state index contributed by atoms with van der Waals surface area (Å²) in [6.07, 6.45) is 0. The highest BCUT2D eigenvalue weighted by atomic mass is 31.8. The van der Waals surface area contributed by atoms with Gasteiger partial charge < -0.3 is 0 Å². The molecule has 0 bridgehead atoms. The molecule has 0 unspecified atom stereocenters. The normalized spacial score (nSPS) is 12.8. The van der Waals surface area contributed by atoms with Crippen LogP contribution in [0.25, 0.3) is 0 Å². The Morgan fingerprint density at radius 1 is 0.875 bits per heavy atom. The molecule has 0 amide bonds. The highest BCUT2D eigenvalue weighted by molar-refractivity contribution is 8.33. The van der Waals surface area contributed by atoms with E-state index in [9.17, 15) is 0 Å². The molecule has 0 spiro atoms. The first-order valence-corrected chi connectivity index (χ1v) is 19.2. The summed E-state index contributed by atoms with van der Waals surface area (Å²) in [4.78, 5) is 0. The fraction of sp³-hybridized carbons (Fsp3) is 0.500. The molecule has 0 atom stereocenters. The van der Waals surface area contributed by atoms with Gasteiger partial charge in [-0.3, -0.25) is 0 Å². The molecule has 0 aromatic heterocycles.